The lowest BCUT2D eigenvalue weighted by atomic mass is 9.89. The zero-order valence-corrected chi connectivity index (χ0v) is 22.8. The van der Waals surface area contributed by atoms with E-state index in [4.69, 9.17) is 24.1 Å². The summed E-state index contributed by atoms with van der Waals surface area (Å²) >= 11 is 0. The molecule has 1 aliphatic carbocycles. The summed E-state index contributed by atoms with van der Waals surface area (Å²) in [5, 5.41) is 19.5. The van der Waals surface area contributed by atoms with Gasteiger partial charge in [0.2, 0.25) is 0 Å². The van der Waals surface area contributed by atoms with Gasteiger partial charge in [0.25, 0.3) is 0 Å². The monoisotopic (exact) mass is 522 g/mol. The van der Waals surface area contributed by atoms with Crippen LogP contribution in [0.5, 0.6) is 0 Å². The largest absolute Gasteiger partial charge is 0.481 e. The van der Waals surface area contributed by atoms with Crippen molar-refractivity contribution in [3.05, 3.63) is 24.3 Å². The molecule has 0 radical (unpaired) electrons. The van der Waals surface area contributed by atoms with E-state index in [2.05, 4.69) is 25.2 Å². The molecule has 0 amide bonds. The molecule has 7 heteroatoms. The molecule has 2 N–H and O–H groups in total. The number of unbranched alkanes of at least 4 members (excludes halogenated alkanes) is 3. The van der Waals surface area contributed by atoms with Crippen molar-refractivity contribution in [2.45, 2.75) is 134 Å². The minimum Gasteiger partial charge on any atom is -0.481 e. The molecular weight excluding hydrogens is 472 g/mol. The number of carbonyl (C=O) groups is 1. The highest BCUT2D eigenvalue weighted by Crippen LogP contribution is 2.42. The summed E-state index contributed by atoms with van der Waals surface area (Å²) in [6, 6.07) is 0. The van der Waals surface area contributed by atoms with E-state index >= 15 is 0 Å². The van der Waals surface area contributed by atoms with Crippen LogP contribution < -0.4 is 0 Å². The predicted molar refractivity (Wildman–Crippen MR) is 143 cm³/mol. The minimum absolute atomic E-state index is 0.00718. The number of rotatable bonds is 16. The number of aliphatic hydroxyl groups excluding tert-OH is 1. The number of carboxylic acid groups (broad SMARTS) is 1. The van der Waals surface area contributed by atoms with Crippen LogP contribution in [0.3, 0.4) is 0 Å². The Bertz CT molecular complexity index is 681. The van der Waals surface area contributed by atoms with Crippen molar-refractivity contribution >= 4 is 5.97 Å². The summed E-state index contributed by atoms with van der Waals surface area (Å²) < 4.78 is 25.0. The molecule has 0 aromatic rings. The Kier molecular flexibility index (Phi) is 14.2. The van der Waals surface area contributed by atoms with E-state index < -0.39 is 12.1 Å². The molecule has 0 spiro atoms. The molecule has 2 aliphatic heterocycles. The second-order valence-electron chi connectivity index (χ2n) is 10.9. The third kappa shape index (κ3) is 11.2. The van der Waals surface area contributed by atoms with E-state index in [9.17, 15) is 9.90 Å². The Balaban J connectivity index is 1.71. The van der Waals surface area contributed by atoms with Gasteiger partial charge in [-0.1, -0.05) is 50.5 Å². The van der Waals surface area contributed by atoms with E-state index in [1.807, 2.05) is 6.08 Å². The number of allylic oxidation sites excluding steroid dienone is 2. The van der Waals surface area contributed by atoms with Crippen LogP contribution in [0.1, 0.15) is 103 Å². The van der Waals surface area contributed by atoms with Gasteiger partial charge in [0.1, 0.15) is 0 Å². The summed E-state index contributed by atoms with van der Waals surface area (Å²) in [4.78, 5) is 10.8. The summed E-state index contributed by atoms with van der Waals surface area (Å²) in [7, 11) is 0. The molecule has 2 saturated heterocycles. The van der Waals surface area contributed by atoms with E-state index in [-0.39, 0.29) is 43.0 Å². The second-order valence-corrected chi connectivity index (χ2v) is 10.9. The van der Waals surface area contributed by atoms with Gasteiger partial charge < -0.3 is 29.2 Å². The van der Waals surface area contributed by atoms with Gasteiger partial charge in [-0.3, -0.25) is 4.79 Å². The molecule has 212 valence electrons. The number of hydrogen-bond acceptors (Lipinski definition) is 6. The third-order valence-electron chi connectivity index (χ3n) is 7.79. The highest BCUT2D eigenvalue weighted by molar-refractivity contribution is 5.66. The van der Waals surface area contributed by atoms with Crippen LogP contribution in [0.4, 0.5) is 0 Å². The molecule has 0 bridgehead atoms. The van der Waals surface area contributed by atoms with Crippen molar-refractivity contribution in [3.8, 4) is 0 Å². The van der Waals surface area contributed by atoms with E-state index in [0.29, 0.717) is 6.42 Å². The minimum atomic E-state index is -0.752. The maximum atomic E-state index is 10.8. The maximum Gasteiger partial charge on any atom is 0.303 e. The SMILES string of the molecule is CCCCC[C@H](O)/C=C/[C@@H]1[C@@H](C/C=C\CCCC(=O)O)[C@@H](OC2CCCCO2)C[C@H]1OC1CCCCO1. The average molecular weight is 523 g/mol. The molecule has 2 unspecified atom stereocenters. The number of aliphatic carboxylic acids is 1. The third-order valence-corrected chi connectivity index (χ3v) is 7.79. The summed E-state index contributed by atoms with van der Waals surface area (Å²) in [6.07, 6.45) is 21.0. The van der Waals surface area contributed by atoms with Gasteiger partial charge in [-0.05, 0) is 70.1 Å². The topological polar surface area (TPSA) is 94.5 Å². The highest BCUT2D eigenvalue weighted by Gasteiger charge is 2.45. The Morgan fingerprint density at radius 1 is 0.973 bits per heavy atom. The zero-order chi connectivity index (χ0) is 26.3. The van der Waals surface area contributed by atoms with Gasteiger partial charge >= 0.3 is 5.97 Å². The highest BCUT2D eigenvalue weighted by atomic mass is 16.7. The molecule has 2 heterocycles. The molecule has 3 fully saturated rings. The molecule has 7 nitrogen and oxygen atoms in total. The van der Waals surface area contributed by atoms with Crippen molar-refractivity contribution in [2.24, 2.45) is 11.8 Å². The quantitative estimate of drug-likeness (QED) is 0.186. The lowest BCUT2D eigenvalue weighted by Crippen LogP contribution is -2.31. The average Bonchev–Trinajstić information content (AvgIpc) is 3.21. The van der Waals surface area contributed by atoms with Crippen LogP contribution in [0.15, 0.2) is 24.3 Å². The van der Waals surface area contributed by atoms with Crippen LogP contribution in [-0.4, -0.2) is 60.3 Å². The van der Waals surface area contributed by atoms with Gasteiger partial charge in [0.15, 0.2) is 12.6 Å². The first-order chi connectivity index (χ1) is 18.1. The van der Waals surface area contributed by atoms with Gasteiger partial charge in [0.05, 0.1) is 18.3 Å². The fourth-order valence-electron chi connectivity index (χ4n) is 5.69. The fourth-order valence-corrected chi connectivity index (χ4v) is 5.69. The zero-order valence-electron chi connectivity index (χ0n) is 22.8. The first-order valence-electron chi connectivity index (χ1n) is 14.8. The smallest absolute Gasteiger partial charge is 0.303 e. The number of aliphatic hydroxyl groups is 1. The lowest BCUT2D eigenvalue weighted by molar-refractivity contribution is -0.203. The van der Waals surface area contributed by atoms with Crippen molar-refractivity contribution < 1.29 is 34.0 Å². The molecule has 1 saturated carbocycles. The standard InChI is InChI=1S/C30H50O7/c1-2-3-6-13-23(31)18-19-25-24(14-7-4-5-8-15-28(32)33)26(36-29-16-9-11-20-34-29)22-27(25)37-30-17-10-12-21-35-30/h4,7,18-19,23-27,29-31H,2-3,5-6,8-17,20-22H2,1H3,(H,32,33)/b7-4-,19-18+/t23-,24+,25+,26-,27+,29?,30?/m0/s1. The molecule has 3 rings (SSSR count). The van der Waals surface area contributed by atoms with Crippen LogP contribution in [0, 0.1) is 11.8 Å². The van der Waals surface area contributed by atoms with E-state index in [1.165, 1.54) is 0 Å². The van der Waals surface area contributed by atoms with Gasteiger partial charge in [-0.15, -0.1) is 0 Å². The van der Waals surface area contributed by atoms with E-state index in [1.54, 1.807) is 0 Å². The molecule has 0 aromatic heterocycles. The second kappa shape index (κ2) is 17.4. The summed E-state index contributed by atoms with van der Waals surface area (Å²) in [5.74, 6) is -0.463. The summed E-state index contributed by atoms with van der Waals surface area (Å²) in [5.41, 5.74) is 0. The van der Waals surface area contributed by atoms with Gasteiger partial charge in [-0.25, -0.2) is 0 Å². The normalized spacial score (nSPS) is 31.8. The van der Waals surface area contributed by atoms with Crippen molar-refractivity contribution in [1.29, 1.82) is 0 Å². The van der Waals surface area contributed by atoms with Crippen LogP contribution in [-0.2, 0) is 23.7 Å². The van der Waals surface area contributed by atoms with Gasteiger partial charge in [0, 0.05) is 32.0 Å². The van der Waals surface area contributed by atoms with E-state index in [0.717, 1.165) is 96.7 Å². The Morgan fingerprint density at radius 2 is 1.68 bits per heavy atom. The molecule has 3 aliphatic rings. The van der Waals surface area contributed by atoms with Crippen molar-refractivity contribution in [1.82, 2.24) is 0 Å². The van der Waals surface area contributed by atoms with Crippen LogP contribution in [0.2, 0.25) is 0 Å². The Hall–Kier alpha value is -1.25. The number of carboxylic acids is 1. The maximum absolute atomic E-state index is 10.8. The fraction of sp³-hybridized carbons (Fsp3) is 0.833. The lowest BCUT2D eigenvalue weighted by Gasteiger charge is -2.30. The molecule has 0 aromatic carbocycles. The first kappa shape index (κ1) is 30.3. The Morgan fingerprint density at radius 3 is 2.30 bits per heavy atom. The Labute approximate surface area is 223 Å². The molecule has 7 atom stereocenters. The van der Waals surface area contributed by atoms with Crippen molar-refractivity contribution in [3.63, 3.8) is 0 Å². The van der Waals surface area contributed by atoms with Crippen LogP contribution >= 0.6 is 0 Å². The molecular formula is C30H50O7. The number of ether oxygens (including phenoxy) is 4. The van der Waals surface area contributed by atoms with Gasteiger partial charge in [-0.2, -0.15) is 0 Å². The molecule has 37 heavy (non-hydrogen) atoms. The predicted octanol–water partition coefficient (Wildman–Crippen LogP) is 6.14. The van der Waals surface area contributed by atoms with Crippen molar-refractivity contribution in [2.75, 3.05) is 13.2 Å². The first-order valence-corrected chi connectivity index (χ1v) is 14.8. The van der Waals surface area contributed by atoms with Crippen LogP contribution in [0.25, 0.3) is 0 Å². The summed E-state index contributed by atoms with van der Waals surface area (Å²) in [6.45, 7) is 3.66. The number of hydrogen-bond donors (Lipinski definition) is 2.